The van der Waals surface area contributed by atoms with E-state index in [-0.39, 0.29) is 6.23 Å². The van der Waals surface area contributed by atoms with Crippen molar-refractivity contribution in [3.8, 4) is 5.75 Å². The van der Waals surface area contributed by atoms with Crippen molar-refractivity contribution in [2.75, 3.05) is 0 Å². The van der Waals surface area contributed by atoms with E-state index in [9.17, 15) is 0 Å². The molecule has 0 aromatic carbocycles. The van der Waals surface area contributed by atoms with Gasteiger partial charge in [0, 0.05) is 24.7 Å². The largest absolute Gasteiger partial charge is 0.474 e. The van der Waals surface area contributed by atoms with Gasteiger partial charge in [0.1, 0.15) is 5.75 Å². The molecule has 4 nitrogen and oxygen atoms in total. The van der Waals surface area contributed by atoms with E-state index in [1.54, 1.807) is 6.20 Å². The highest BCUT2D eigenvalue weighted by Gasteiger charge is 2.21. The third kappa shape index (κ3) is 2.81. The zero-order valence-corrected chi connectivity index (χ0v) is 9.29. The van der Waals surface area contributed by atoms with Gasteiger partial charge < -0.3 is 4.74 Å². The summed E-state index contributed by atoms with van der Waals surface area (Å²) in [6.45, 7) is 2.10. The second-order valence-electron chi connectivity index (χ2n) is 3.65. The monoisotopic (exact) mass is 227 g/mol. The fourth-order valence-corrected chi connectivity index (χ4v) is 1.66. The molecule has 1 aliphatic rings. The first-order chi connectivity index (χ1) is 7.28. The van der Waals surface area contributed by atoms with Crippen LogP contribution in [0.4, 0.5) is 0 Å². The van der Waals surface area contributed by atoms with Crippen LogP contribution in [-0.2, 0) is 5.88 Å². The Morgan fingerprint density at radius 3 is 3.13 bits per heavy atom. The van der Waals surface area contributed by atoms with Crippen LogP contribution >= 0.6 is 11.6 Å². The van der Waals surface area contributed by atoms with Crippen LogP contribution in [0.5, 0.6) is 5.75 Å². The lowest BCUT2D eigenvalue weighted by Crippen LogP contribution is -2.35. The van der Waals surface area contributed by atoms with Crippen LogP contribution in [0.1, 0.15) is 19.0 Å². The number of halogens is 1. The molecule has 2 rings (SSSR count). The lowest BCUT2D eigenvalue weighted by molar-refractivity contribution is 0.179. The summed E-state index contributed by atoms with van der Waals surface area (Å²) < 4.78 is 5.72. The Kier molecular flexibility index (Phi) is 3.41. The summed E-state index contributed by atoms with van der Waals surface area (Å²) in [5, 5.41) is 0. The molecular formula is C10H14ClN3O. The van der Waals surface area contributed by atoms with E-state index in [2.05, 4.69) is 22.8 Å². The highest BCUT2D eigenvalue weighted by Crippen LogP contribution is 2.16. The maximum Gasteiger partial charge on any atom is 0.163 e. The molecule has 0 saturated carbocycles. The quantitative estimate of drug-likeness (QED) is 0.767. The van der Waals surface area contributed by atoms with E-state index in [1.165, 1.54) is 0 Å². The fourth-order valence-electron chi connectivity index (χ4n) is 1.52. The van der Waals surface area contributed by atoms with E-state index in [4.69, 9.17) is 16.3 Å². The van der Waals surface area contributed by atoms with Crippen molar-refractivity contribution in [2.45, 2.75) is 31.5 Å². The lowest BCUT2D eigenvalue weighted by atomic mass is 10.2. The smallest absolute Gasteiger partial charge is 0.163 e. The van der Waals surface area contributed by atoms with Crippen LogP contribution in [0.2, 0.25) is 0 Å². The third-order valence-corrected chi connectivity index (χ3v) is 2.54. The first-order valence-electron chi connectivity index (χ1n) is 4.96. The SMILES string of the molecule is CC1CC(Oc2ccnc(CCl)c2)NN1. The number of alkyl halides is 1. The maximum atomic E-state index is 5.72. The molecule has 1 aliphatic heterocycles. The van der Waals surface area contributed by atoms with Crippen LogP contribution in [0.3, 0.4) is 0 Å². The van der Waals surface area contributed by atoms with E-state index >= 15 is 0 Å². The van der Waals surface area contributed by atoms with E-state index < -0.39 is 0 Å². The molecule has 2 unspecified atom stereocenters. The summed E-state index contributed by atoms with van der Waals surface area (Å²) in [6.07, 6.45) is 2.67. The number of aromatic nitrogens is 1. The molecule has 0 aliphatic carbocycles. The number of hydrazine groups is 1. The Hall–Kier alpha value is -0.840. The minimum absolute atomic E-state index is 0.0191. The zero-order valence-electron chi connectivity index (χ0n) is 8.53. The highest BCUT2D eigenvalue weighted by atomic mass is 35.5. The van der Waals surface area contributed by atoms with Gasteiger partial charge in [-0.2, -0.15) is 0 Å². The molecule has 2 heterocycles. The van der Waals surface area contributed by atoms with E-state index in [0.717, 1.165) is 17.9 Å². The van der Waals surface area contributed by atoms with E-state index in [1.807, 2.05) is 12.1 Å². The molecule has 15 heavy (non-hydrogen) atoms. The molecule has 1 aromatic rings. The van der Waals surface area contributed by atoms with Crippen molar-refractivity contribution in [2.24, 2.45) is 0 Å². The Balaban J connectivity index is 1.98. The molecule has 0 radical (unpaired) electrons. The molecule has 1 saturated heterocycles. The van der Waals surface area contributed by atoms with Gasteiger partial charge in [-0.3, -0.25) is 10.4 Å². The van der Waals surface area contributed by atoms with Gasteiger partial charge in [-0.15, -0.1) is 11.6 Å². The average Bonchev–Trinajstić information content (AvgIpc) is 2.64. The number of nitrogens with one attached hydrogen (secondary N) is 2. The lowest BCUT2D eigenvalue weighted by Gasteiger charge is -2.12. The van der Waals surface area contributed by atoms with Crippen molar-refractivity contribution < 1.29 is 4.74 Å². The first kappa shape index (κ1) is 10.7. The Morgan fingerprint density at radius 1 is 1.60 bits per heavy atom. The van der Waals surface area contributed by atoms with E-state index in [0.29, 0.717) is 11.9 Å². The standard InChI is InChI=1S/C10H14ClN3O/c1-7-4-10(14-13-7)15-9-2-3-12-8(5-9)6-11/h2-3,5,7,10,13-14H,4,6H2,1H3. The predicted molar refractivity (Wildman–Crippen MR) is 58.6 cm³/mol. The van der Waals surface area contributed by atoms with Crippen LogP contribution in [-0.4, -0.2) is 17.3 Å². The molecule has 1 fully saturated rings. The fraction of sp³-hybridized carbons (Fsp3) is 0.500. The summed E-state index contributed by atoms with van der Waals surface area (Å²) in [5.41, 5.74) is 7.00. The second-order valence-corrected chi connectivity index (χ2v) is 3.92. The third-order valence-electron chi connectivity index (χ3n) is 2.26. The number of ether oxygens (including phenoxy) is 1. The molecule has 1 aromatic heterocycles. The molecule has 2 N–H and O–H groups in total. The van der Waals surface area contributed by atoms with Gasteiger partial charge in [0.15, 0.2) is 6.23 Å². The minimum Gasteiger partial charge on any atom is -0.474 e. The Labute approximate surface area is 94.0 Å². The van der Waals surface area contributed by atoms with Crippen molar-refractivity contribution in [3.63, 3.8) is 0 Å². The van der Waals surface area contributed by atoms with Gasteiger partial charge in [0.2, 0.25) is 0 Å². The number of rotatable bonds is 3. The molecule has 0 bridgehead atoms. The van der Waals surface area contributed by atoms with Crippen LogP contribution in [0.25, 0.3) is 0 Å². The zero-order chi connectivity index (χ0) is 10.7. The summed E-state index contributed by atoms with van der Waals surface area (Å²) in [6, 6.07) is 4.13. The number of nitrogens with zero attached hydrogens (tertiary/aromatic N) is 1. The Bertz CT molecular complexity index is 334. The topological polar surface area (TPSA) is 46.2 Å². The predicted octanol–water partition coefficient (Wildman–Crippen LogP) is 1.41. The number of pyridine rings is 1. The first-order valence-corrected chi connectivity index (χ1v) is 5.50. The summed E-state index contributed by atoms with van der Waals surface area (Å²) in [4.78, 5) is 4.10. The van der Waals surface area contributed by atoms with Crippen LogP contribution in [0, 0.1) is 0 Å². The second kappa shape index (κ2) is 4.79. The molecule has 0 spiro atoms. The van der Waals surface area contributed by atoms with Gasteiger partial charge in [0.05, 0.1) is 11.6 Å². The molecule has 2 atom stereocenters. The normalized spacial score (nSPS) is 25.5. The van der Waals surface area contributed by atoms with Gasteiger partial charge in [-0.1, -0.05) is 0 Å². The number of hydrogen-bond donors (Lipinski definition) is 2. The number of hydrogen-bond acceptors (Lipinski definition) is 4. The summed E-state index contributed by atoms with van der Waals surface area (Å²) in [5.74, 6) is 1.21. The van der Waals surface area contributed by atoms with Crippen molar-refractivity contribution in [1.29, 1.82) is 0 Å². The molecule has 5 heteroatoms. The molecule has 82 valence electrons. The van der Waals surface area contributed by atoms with Crippen molar-refractivity contribution in [3.05, 3.63) is 24.0 Å². The van der Waals surface area contributed by atoms with Crippen LogP contribution < -0.4 is 15.6 Å². The van der Waals surface area contributed by atoms with Gasteiger partial charge in [-0.25, -0.2) is 5.43 Å². The average molecular weight is 228 g/mol. The van der Waals surface area contributed by atoms with Crippen molar-refractivity contribution >= 4 is 11.6 Å². The van der Waals surface area contributed by atoms with Gasteiger partial charge in [0.25, 0.3) is 0 Å². The minimum atomic E-state index is 0.0191. The molecular weight excluding hydrogens is 214 g/mol. The maximum absolute atomic E-state index is 5.72. The van der Waals surface area contributed by atoms with Crippen molar-refractivity contribution in [1.82, 2.24) is 15.8 Å². The highest BCUT2D eigenvalue weighted by molar-refractivity contribution is 6.16. The Morgan fingerprint density at radius 2 is 2.47 bits per heavy atom. The van der Waals surface area contributed by atoms with Gasteiger partial charge in [-0.05, 0) is 13.0 Å². The van der Waals surface area contributed by atoms with Crippen LogP contribution in [0.15, 0.2) is 18.3 Å². The summed E-state index contributed by atoms with van der Waals surface area (Å²) in [7, 11) is 0. The summed E-state index contributed by atoms with van der Waals surface area (Å²) >= 11 is 5.69. The molecule has 0 amide bonds. The van der Waals surface area contributed by atoms with Gasteiger partial charge >= 0.3 is 0 Å².